The first-order valence-electron chi connectivity index (χ1n) is 12.1. The van der Waals surface area contributed by atoms with Gasteiger partial charge in [0.1, 0.15) is 11.5 Å². The summed E-state index contributed by atoms with van der Waals surface area (Å²) in [4.78, 5) is 28.2. The molecule has 0 spiro atoms. The molecule has 0 saturated heterocycles. The Hall–Kier alpha value is -3.80. The Balaban J connectivity index is 1.67. The average molecular weight is 474 g/mol. The van der Waals surface area contributed by atoms with Gasteiger partial charge in [-0.25, -0.2) is 0 Å². The van der Waals surface area contributed by atoms with Gasteiger partial charge in [-0.1, -0.05) is 62.2 Å². The number of rotatable bonds is 11. The highest BCUT2D eigenvalue weighted by atomic mass is 16.5. The highest BCUT2D eigenvalue weighted by molar-refractivity contribution is 6.15. The summed E-state index contributed by atoms with van der Waals surface area (Å²) in [5.41, 5.74) is 1.80. The summed E-state index contributed by atoms with van der Waals surface area (Å²) >= 11 is 0. The van der Waals surface area contributed by atoms with E-state index >= 15 is 0 Å². The van der Waals surface area contributed by atoms with Gasteiger partial charge in [0.15, 0.2) is 11.5 Å². The highest BCUT2D eigenvalue weighted by Gasteiger charge is 2.44. The molecule has 1 unspecified atom stereocenters. The average Bonchev–Trinajstić information content (AvgIpc) is 3.42. The van der Waals surface area contributed by atoms with Crippen LogP contribution in [0.3, 0.4) is 0 Å². The van der Waals surface area contributed by atoms with E-state index in [0.717, 1.165) is 24.8 Å². The predicted molar refractivity (Wildman–Crippen MR) is 133 cm³/mol. The van der Waals surface area contributed by atoms with E-state index in [4.69, 9.17) is 9.15 Å². The van der Waals surface area contributed by atoms with Crippen LogP contribution < -0.4 is 4.74 Å². The maximum atomic E-state index is 13.4. The van der Waals surface area contributed by atoms with Crippen LogP contribution in [0.4, 0.5) is 0 Å². The van der Waals surface area contributed by atoms with Gasteiger partial charge in [0.25, 0.3) is 5.91 Å². The largest absolute Gasteiger partial charge is 0.503 e. The Kier molecular flexibility index (Phi) is 7.70. The molecule has 0 bridgehead atoms. The summed E-state index contributed by atoms with van der Waals surface area (Å²) < 4.78 is 11.5. The molecule has 35 heavy (non-hydrogen) atoms. The quantitative estimate of drug-likeness (QED) is 0.274. The van der Waals surface area contributed by atoms with Gasteiger partial charge in [-0.3, -0.25) is 9.59 Å². The lowest BCUT2D eigenvalue weighted by atomic mass is 9.94. The molecule has 1 N–H and O–H groups in total. The number of ketones is 1. The molecule has 0 saturated carbocycles. The third-order valence-corrected chi connectivity index (χ3v) is 6.19. The third-order valence-electron chi connectivity index (χ3n) is 6.19. The number of hydrogen-bond acceptors (Lipinski definition) is 5. The molecular weight excluding hydrogens is 442 g/mol. The van der Waals surface area contributed by atoms with Crippen molar-refractivity contribution >= 4 is 11.7 Å². The zero-order chi connectivity index (χ0) is 24.8. The first-order valence-corrected chi connectivity index (χ1v) is 12.1. The van der Waals surface area contributed by atoms with Crippen LogP contribution in [-0.2, 0) is 11.2 Å². The number of carbonyl (C=O) groups excluding carboxylic acids is 2. The van der Waals surface area contributed by atoms with Crippen LogP contribution in [0.1, 0.15) is 59.7 Å². The number of carbonyl (C=O) groups is 2. The van der Waals surface area contributed by atoms with Gasteiger partial charge in [0, 0.05) is 6.54 Å². The molecule has 0 aliphatic carbocycles. The van der Waals surface area contributed by atoms with Gasteiger partial charge >= 0.3 is 0 Å². The molecular formula is C29H31NO5. The van der Waals surface area contributed by atoms with Crippen LogP contribution in [-0.4, -0.2) is 34.8 Å². The van der Waals surface area contributed by atoms with Gasteiger partial charge in [0.2, 0.25) is 5.78 Å². The molecule has 3 aromatic rings. The first kappa shape index (κ1) is 24.3. The second-order valence-electron chi connectivity index (χ2n) is 8.77. The number of hydrogen-bond donors (Lipinski definition) is 1. The van der Waals surface area contributed by atoms with Crippen LogP contribution in [0.5, 0.6) is 5.75 Å². The Morgan fingerprint density at radius 1 is 1.06 bits per heavy atom. The highest BCUT2D eigenvalue weighted by Crippen LogP contribution is 2.40. The van der Waals surface area contributed by atoms with Crippen LogP contribution in [0.15, 0.2) is 82.5 Å². The molecule has 2 heterocycles. The van der Waals surface area contributed by atoms with Crippen molar-refractivity contribution in [1.29, 1.82) is 0 Å². The molecule has 1 atom stereocenters. The molecule has 1 aliphatic heterocycles. The molecule has 6 heteroatoms. The molecule has 1 amide bonds. The van der Waals surface area contributed by atoms with Gasteiger partial charge in [0.05, 0.1) is 18.2 Å². The maximum Gasteiger partial charge on any atom is 0.290 e. The minimum atomic E-state index is -0.747. The summed E-state index contributed by atoms with van der Waals surface area (Å²) in [6, 6.07) is 19.7. The SMILES string of the molecule is CCCCCOc1cccc(C2C(C(=O)c3ccc(C)o3)=C(O)C(=O)N2CCc2ccccc2)c1. The number of furan rings is 1. The Labute approximate surface area is 205 Å². The van der Waals surface area contributed by atoms with Crippen molar-refractivity contribution in [3.8, 4) is 5.75 Å². The van der Waals surface area contributed by atoms with Crippen LogP contribution in [0, 0.1) is 6.92 Å². The van der Waals surface area contributed by atoms with E-state index in [-0.39, 0.29) is 11.3 Å². The second-order valence-corrected chi connectivity index (χ2v) is 8.77. The van der Waals surface area contributed by atoms with E-state index in [0.29, 0.717) is 36.6 Å². The summed E-state index contributed by atoms with van der Waals surface area (Å²) in [5.74, 6) is -0.244. The van der Waals surface area contributed by atoms with Gasteiger partial charge in [-0.15, -0.1) is 0 Å². The number of aliphatic hydroxyl groups is 1. The Bertz CT molecular complexity index is 1210. The lowest BCUT2D eigenvalue weighted by molar-refractivity contribution is -0.129. The van der Waals surface area contributed by atoms with E-state index in [9.17, 15) is 14.7 Å². The van der Waals surface area contributed by atoms with Crippen molar-refractivity contribution in [2.75, 3.05) is 13.2 Å². The Morgan fingerprint density at radius 2 is 1.86 bits per heavy atom. The van der Waals surface area contributed by atoms with Crippen molar-refractivity contribution in [2.45, 2.75) is 45.6 Å². The van der Waals surface area contributed by atoms with Crippen LogP contribution in [0.2, 0.25) is 0 Å². The number of unbranched alkanes of at least 4 members (excludes halogenated alkanes) is 2. The molecule has 182 valence electrons. The van der Waals surface area contributed by atoms with E-state index < -0.39 is 23.5 Å². The molecule has 6 nitrogen and oxygen atoms in total. The molecule has 0 radical (unpaired) electrons. The van der Waals surface area contributed by atoms with Gasteiger partial charge in [-0.2, -0.15) is 0 Å². The fourth-order valence-corrected chi connectivity index (χ4v) is 4.36. The molecule has 4 rings (SSSR count). The van der Waals surface area contributed by atoms with Crippen LogP contribution in [0.25, 0.3) is 0 Å². The lowest BCUT2D eigenvalue weighted by Crippen LogP contribution is -2.33. The predicted octanol–water partition coefficient (Wildman–Crippen LogP) is 5.98. The number of aliphatic hydroxyl groups excluding tert-OH is 1. The minimum Gasteiger partial charge on any atom is -0.503 e. The van der Waals surface area contributed by atoms with Gasteiger partial charge < -0.3 is 19.2 Å². The molecule has 2 aromatic carbocycles. The lowest BCUT2D eigenvalue weighted by Gasteiger charge is -2.27. The van der Waals surface area contributed by atoms with E-state index in [2.05, 4.69) is 6.92 Å². The van der Waals surface area contributed by atoms with Crippen molar-refractivity contribution in [2.24, 2.45) is 0 Å². The zero-order valence-corrected chi connectivity index (χ0v) is 20.2. The molecule has 0 fully saturated rings. The number of amides is 1. The van der Waals surface area contributed by atoms with Crippen molar-refractivity contribution in [3.63, 3.8) is 0 Å². The number of benzene rings is 2. The summed E-state index contributed by atoms with van der Waals surface area (Å²) in [5, 5.41) is 10.9. The van der Waals surface area contributed by atoms with E-state index in [1.807, 2.05) is 54.6 Å². The Morgan fingerprint density at radius 3 is 2.57 bits per heavy atom. The number of ether oxygens (including phenoxy) is 1. The van der Waals surface area contributed by atoms with E-state index in [1.165, 1.54) is 0 Å². The van der Waals surface area contributed by atoms with Gasteiger partial charge in [-0.05, 0) is 55.2 Å². The summed E-state index contributed by atoms with van der Waals surface area (Å²) in [6.45, 7) is 4.82. The van der Waals surface area contributed by atoms with Crippen molar-refractivity contribution < 1.29 is 23.8 Å². The van der Waals surface area contributed by atoms with Crippen molar-refractivity contribution in [1.82, 2.24) is 4.90 Å². The monoisotopic (exact) mass is 473 g/mol. The second kappa shape index (κ2) is 11.1. The fourth-order valence-electron chi connectivity index (χ4n) is 4.36. The standard InChI is InChI=1S/C29H31NO5/c1-3-4-8-18-34-23-13-9-12-22(19-23)26-25(27(31)24-15-14-20(2)35-24)28(32)29(33)30(26)17-16-21-10-6-5-7-11-21/h5-7,9-15,19,26,32H,3-4,8,16-18H2,1-2H3. The zero-order valence-electron chi connectivity index (χ0n) is 20.2. The smallest absolute Gasteiger partial charge is 0.290 e. The summed E-state index contributed by atoms with van der Waals surface area (Å²) in [6.07, 6.45) is 3.73. The minimum absolute atomic E-state index is 0.0283. The van der Waals surface area contributed by atoms with Crippen LogP contribution >= 0.6 is 0 Å². The molecule has 1 aromatic heterocycles. The number of nitrogens with zero attached hydrogens (tertiary/aromatic N) is 1. The topological polar surface area (TPSA) is 80.0 Å². The summed E-state index contributed by atoms with van der Waals surface area (Å²) in [7, 11) is 0. The fraction of sp³-hybridized carbons (Fsp3) is 0.310. The number of aryl methyl sites for hydroxylation is 1. The van der Waals surface area contributed by atoms with Crippen molar-refractivity contribution in [3.05, 3.63) is 101 Å². The first-order chi connectivity index (χ1) is 17.0. The maximum absolute atomic E-state index is 13.4. The number of Topliss-reactive ketones (excluding diaryl/α,β-unsaturated/α-hetero) is 1. The van der Waals surface area contributed by atoms with E-state index in [1.54, 1.807) is 24.0 Å². The molecule has 1 aliphatic rings. The third kappa shape index (κ3) is 5.48. The normalized spacial score (nSPS) is 15.7.